The number of pyridine rings is 2. The van der Waals surface area contributed by atoms with Gasteiger partial charge in [-0.1, -0.05) is 12.1 Å². The van der Waals surface area contributed by atoms with Crippen LogP contribution in [0.4, 0.5) is 0 Å². The molecule has 12 heteroatoms. The molecular weight excluding hydrogens is 769 g/mol. The largest absolute Gasteiger partial charge is 0.454 e. The first-order chi connectivity index (χ1) is 29.9. The minimum Gasteiger partial charge on any atom is -0.454 e. The van der Waals surface area contributed by atoms with Crippen molar-refractivity contribution >= 4 is 11.8 Å². The third kappa shape index (κ3) is 6.72. The molecule has 0 bridgehead atoms. The lowest BCUT2D eigenvalue weighted by atomic mass is 9.93. The zero-order chi connectivity index (χ0) is 40.7. The van der Waals surface area contributed by atoms with Crippen molar-refractivity contribution in [3.05, 3.63) is 106 Å². The third-order valence-electron chi connectivity index (χ3n) is 15.3. The van der Waals surface area contributed by atoms with Gasteiger partial charge >= 0.3 is 0 Å². The predicted octanol–water partition coefficient (Wildman–Crippen LogP) is 7.04. The lowest BCUT2D eigenvalue weighted by Gasteiger charge is -2.33. The van der Waals surface area contributed by atoms with Crippen LogP contribution < -0.4 is 18.9 Å². The summed E-state index contributed by atoms with van der Waals surface area (Å²) in [5, 5.41) is 0. The van der Waals surface area contributed by atoms with Crippen LogP contribution in [0.2, 0.25) is 0 Å². The molecule has 2 aromatic carbocycles. The molecule has 12 rings (SSSR count). The zero-order valence-electron chi connectivity index (χ0n) is 34.9. The fourth-order valence-corrected chi connectivity index (χ4v) is 11.4. The van der Waals surface area contributed by atoms with Crippen LogP contribution >= 0.6 is 0 Å². The standard InChI is InChI=1S/C49H54N6O6/c56-46-37-24-41-42(59-31-58-41)26-39(37)48(12-13-48)54(46)21-10-33-8-19-53(20-9-33)30-36-5-4-34(28-51-36)23-45-60-43-25-38-40(27-44(43)61-45)49(14-15-49)55(47(38)57)22-11-32-6-17-52(18-7-32)29-35-3-1-2-16-50-35/h1-5,16,24-28,32-33,45H,6-15,17-23,29-31H2/t45-/m0/s1. The maximum atomic E-state index is 13.9. The number of hydrogen-bond acceptors (Lipinski definition) is 10. The Kier molecular flexibility index (Phi) is 9.06. The molecule has 0 N–H and O–H groups in total. The number of nitrogens with zero attached hydrogens (tertiary/aromatic N) is 6. The van der Waals surface area contributed by atoms with E-state index in [0.717, 1.165) is 154 Å². The average molecular weight is 823 g/mol. The molecule has 2 amide bonds. The van der Waals surface area contributed by atoms with Gasteiger partial charge in [0.25, 0.3) is 11.8 Å². The second kappa shape index (κ2) is 14.7. The molecule has 1 atom stereocenters. The van der Waals surface area contributed by atoms with Gasteiger partial charge in [-0.2, -0.15) is 0 Å². The molecule has 12 nitrogen and oxygen atoms in total. The van der Waals surface area contributed by atoms with Gasteiger partial charge in [0, 0.05) is 56.1 Å². The molecular formula is C49H54N6O6. The van der Waals surface area contributed by atoms with Gasteiger partial charge in [-0.3, -0.25) is 29.4 Å². The molecule has 61 heavy (non-hydrogen) atoms. The predicted molar refractivity (Wildman–Crippen MR) is 225 cm³/mol. The highest BCUT2D eigenvalue weighted by Gasteiger charge is 2.59. The highest BCUT2D eigenvalue weighted by Crippen LogP contribution is 2.60. The number of hydrogen-bond donors (Lipinski definition) is 0. The van der Waals surface area contributed by atoms with E-state index >= 15 is 0 Å². The summed E-state index contributed by atoms with van der Waals surface area (Å²) in [5.41, 5.74) is 6.79. The van der Waals surface area contributed by atoms with E-state index in [4.69, 9.17) is 23.9 Å². The Bertz CT molecular complexity index is 2350. The summed E-state index contributed by atoms with van der Waals surface area (Å²) in [5.74, 6) is 4.42. The Morgan fingerprint density at radius 1 is 0.623 bits per heavy atom. The van der Waals surface area contributed by atoms with E-state index in [1.54, 1.807) is 0 Å². The summed E-state index contributed by atoms with van der Waals surface area (Å²) in [6.07, 6.45) is 14.7. The molecule has 6 aliphatic heterocycles. The smallest absolute Gasteiger partial charge is 0.255 e. The van der Waals surface area contributed by atoms with E-state index in [2.05, 4.69) is 61.0 Å². The number of carbonyl (C=O) groups excluding carboxylic acids is 2. The maximum absolute atomic E-state index is 13.9. The van der Waals surface area contributed by atoms with E-state index in [1.807, 2.05) is 30.6 Å². The second-order valence-electron chi connectivity index (χ2n) is 18.9. The van der Waals surface area contributed by atoms with Gasteiger partial charge in [-0.05, 0) is 161 Å². The third-order valence-corrected chi connectivity index (χ3v) is 15.3. The molecule has 8 heterocycles. The van der Waals surface area contributed by atoms with Crippen LogP contribution in [-0.4, -0.2) is 93.7 Å². The van der Waals surface area contributed by atoms with Gasteiger partial charge in [-0.25, -0.2) is 0 Å². The van der Waals surface area contributed by atoms with Crippen molar-refractivity contribution in [3.8, 4) is 23.0 Å². The highest BCUT2D eigenvalue weighted by molar-refractivity contribution is 6.02. The summed E-state index contributed by atoms with van der Waals surface area (Å²) in [6.45, 7) is 7.83. The summed E-state index contributed by atoms with van der Waals surface area (Å²) in [7, 11) is 0. The van der Waals surface area contributed by atoms with Gasteiger partial charge in [0.2, 0.25) is 13.1 Å². The topological polar surface area (TPSA) is 110 Å². The van der Waals surface area contributed by atoms with Crippen molar-refractivity contribution in [2.24, 2.45) is 11.8 Å². The Morgan fingerprint density at radius 2 is 1.16 bits per heavy atom. The van der Waals surface area contributed by atoms with Crippen molar-refractivity contribution in [2.75, 3.05) is 46.1 Å². The molecule has 2 aliphatic carbocycles. The van der Waals surface area contributed by atoms with Gasteiger partial charge in [0.05, 0.1) is 22.5 Å². The molecule has 8 aliphatic rings. The average Bonchev–Trinajstić information content (AvgIpc) is 4.13. The summed E-state index contributed by atoms with van der Waals surface area (Å²) >= 11 is 0. The monoisotopic (exact) mass is 822 g/mol. The Hall–Kier alpha value is -5.20. The molecule has 316 valence electrons. The summed E-state index contributed by atoms with van der Waals surface area (Å²) in [6, 6.07) is 18.4. The molecule has 2 aromatic heterocycles. The van der Waals surface area contributed by atoms with Crippen LogP contribution in [0, 0.1) is 11.8 Å². The number of ether oxygens (including phenoxy) is 4. The highest BCUT2D eigenvalue weighted by atomic mass is 16.7. The van der Waals surface area contributed by atoms with Crippen molar-refractivity contribution in [3.63, 3.8) is 0 Å². The lowest BCUT2D eigenvalue weighted by molar-refractivity contribution is 0.0497. The van der Waals surface area contributed by atoms with Crippen LogP contribution in [0.3, 0.4) is 0 Å². The van der Waals surface area contributed by atoms with Gasteiger partial charge < -0.3 is 28.7 Å². The number of carbonyl (C=O) groups is 2. The summed E-state index contributed by atoms with van der Waals surface area (Å²) in [4.78, 5) is 46.1. The van der Waals surface area contributed by atoms with Crippen LogP contribution in [0.25, 0.3) is 0 Å². The Morgan fingerprint density at radius 3 is 1.70 bits per heavy atom. The summed E-state index contributed by atoms with van der Waals surface area (Å²) < 4.78 is 23.9. The number of fused-ring (bicyclic) bond motifs is 6. The van der Waals surface area contributed by atoms with E-state index in [0.29, 0.717) is 29.8 Å². The molecule has 2 saturated carbocycles. The first kappa shape index (κ1) is 37.6. The van der Waals surface area contributed by atoms with Crippen LogP contribution in [0.1, 0.15) is 113 Å². The maximum Gasteiger partial charge on any atom is 0.255 e. The number of piperidine rings is 2. The zero-order valence-corrected chi connectivity index (χ0v) is 34.9. The Labute approximate surface area is 357 Å². The quantitative estimate of drug-likeness (QED) is 0.148. The van der Waals surface area contributed by atoms with Gasteiger partial charge in [0.1, 0.15) is 0 Å². The van der Waals surface area contributed by atoms with Crippen molar-refractivity contribution < 1.29 is 28.5 Å². The molecule has 4 aromatic rings. The van der Waals surface area contributed by atoms with E-state index in [-0.39, 0.29) is 29.7 Å². The first-order valence-corrected chi connectivity index (χ1v) is 22.8. The minimum absolute atomic E-state index is 0.130. The van der Waals surface area contributed by atoms with Crippen molar-refractivity contribution in [1.82, 2.24) is 29.6 Å². The van der Waals surface area contributed by atoms with E-state index in [1.165, 1.54) is 12.8 Å². The van der Waals surface area contributed by atoms with Crippen LogP contribution in [-0.2, 0) is 30.6 Å². The van der Waals surface area contributed by atoms with Crippen molar-refractivity contribution in [2.45, 2.75) is 101 Å². The van der Waals surface area contributed by atoms with Gasteiger partial charge in [0.15, 0.2) is 23.0 Å². The number of likely N-dealkylation sites (tertiary alicyclic amines) is 2. The van der Waals surface area contributed by atoms with E-state index in [9.17, 15) is 9.59 Å². The number of rotatable bonds is 12. The molecule has 2 spiro atoms. The molecule has 0 radical (unpaired) electrons. The molecule has 4 fully saturated rings. The van der Waals surface area contributed by atoms with Crippen LogP contribution in [0.15, 0.2) is 67.0 Å². The lowest BCUT2D eigenvalue weighted by Crippen LogP contribution is -2.38. The van der Waals surface area contributed by atoms with Crippen molar-refractivity contribution in [1.29, 1.82) is 0 Å². The van der Waals surface area contributed by atoms with E-state index < -0.39 is 6.29 Å². The first-order valence-electron chi connectivity index (χ1n) is 22.8. The minimum atomic E-state index is -0.447. The number of amides is 2. The Balaban J connectivity index is 0.598. The fourth-order valence-electron chi connectivity index (χ4n) is 11.4. The normalized spacial score (nSPS) is 23.4. The number of aromatic nitrogens is 2. The van der Waals surface area contributed by atoms with Gasteiger partial charge in [-0.15, -0.1) is 0 Å². The van der Waals surface area contributed by atoms with Crippen LogP contribution in [0.5, 0.6) is 23.0 Å². The molecule has 0 unspecified atom stereocenters. The molecule has 2 saturated heterocycles. The SMILES string of the molecule is O=C1c2cc3c(cc2C2(CC2)N1CCC1CCN(Cc2ccc(C[C@H]4Oc5cc6c(cc5O4)C4(CC4)N(CCC4CCN(Cc5ccccn5)CC4)C6=O)cn2)CC1)OCO3. The number of benzene rings is 2. The fraction of sp³-hybridized carbons (Fsp3) is 0.510. The second-order valence-corrected chi connectivity index (χ2v) is 18.9.